The van der Waals surface area contributed by atoms with E-state index in [2.05, 4.69) is 0 Å². The first-order chi connectivity index (χ1) is 9.08. The lowest BCUT2D eigenvalue weighted by Gasteiger charge is -2.01. The molecule has 1 rings (SSSR count). The molecule has 19 heavy (non-hydrogen) atoms. The number of hydrogen-bond acceptors (Lipinski definition) is 7. The number of rotatable bonds is 6. The Bertz CT molecular complexity index is 544. The molecule has 7 nitrogen and oxygen atoms in total. The molecule has 0 bridgehead atoms. The number of nitriles is 1. The van der Waals surface area contributed by atoms with Crippen LogP contribution in [0.25, 0.3) is 6.08 Å². The second-order valence-corrected chi connectivity index (χ2v) is 4.33. The van der Waals surface area contributed by atoms with Crippen LogP contribution in [0.4, 0.5) is 5.00 Å². The van der Waals surface area contributed by atoms with Crippen LogP contribution in [0.15, 0.2) is 17.7 Å². The summed E-state index contributed by atoms with van der Waals surface area (Å²) in [4.78, 5) is 21.9. The Kier molecular flexibility index (Phi) is 5.66. The van der Waals surface area contributed by atoms with E-state index in [9.17, 15) is 14.9 Å². The molecular formula is C11H10N2O5S. The predicted octanol–water partition coefficient (Wildman–Crippen LogP) is 1.75. The zero-order valence-corrected chi connectivity index (χ0v) is 10.8. The Morgan fingerprint density at radius 3 is 2.84 bits per heavy atom. The Morgan fingerprint density at radius 2 is 2.32 bits per heavy atom. The van der Waals surface area contributed by atoms with Gasteiger partial charge in [-0.1, -0.05) is 11.3 Å². The SMILES string of the molecule is COCCOC(=O)C(C#N)=Cc1ccc([N+](=O)[O-])s1. The number of thiophene rings is 1. The van der Waals surface area contributed by atoms with E-state index >= 15 is 0 Å². The van der Waals surface area contributed by atoms with Crippen molar-refractivity contribution in [1.82, 2.24) is 0 Å². The van der Waals surface area contributed by atoms with Gasteiger partial charge in [0.05, 0.1) is 11.5 Å². The summed E-state index contributed by atoms with van der Waals surface area (Å²) in [5.41, 5.74) is -0.215. The van der Waals surface area contributed by atoms with Crippen molar-refractivity contribution in [2.24, 2.45) is 0 Å². The molecule has 1 heterocycles. The highest BCUT2D eigenvalue weighted by atomic mass is 32.1. The first kappa shape index (κ1) is 14.8. The van der Waals surface area contributed by atoms with Crippen LogP contribution in [0.5, 0.6) is 0 Å². The maximum Gasteiger partial charge on any atom is 0.349 e. The van der Waals surface area contributed by atoms with E-state index in [0.717, 1.165) is 11.3 Å². The molecule has 0 N–H and O–H groups in total. The first-order valence-electron chi connectivity index (χ1n) is 5.10. The summed E-state index contributed by atoms with van der Waals surface area (Å²) < 4.78 is 9.48. The fourth-order valence-corrected chi connectivity index (χ4v) is 1.86. The largest absolute Gasteiger partial charge is 0.459 e. The van der Waals surface area contributed by atoms with E-state index in [4.69, 9.17) is 14.7 Å². The van der Waals surface area contributed by atoms with E-state index in [1.54, 1.807) is 6.07 Å². The van der Waals surface area contributed by atoms with Crippen molar-refractivity contribution in [3.63, 3.8) is 0 Å². The molecule has 0 spiro atoms. The Hall–Kier alpha value is -2.24. The molecule has 0 unspecified atom stereocenters. The number of carbonyl (C=O) groups is 1. The lowest BCUT2D eigenvalue weighted by molar-refractivity contribution is -0.380. The molecule has 1 aromatic rings. The van der Waals surface area contributed by atoms with Crippen LogP contribution in [0, 0.1) is 21.4 Å². The van der Waals surface area contributed by atoms with Crippen LogP contribution in [0.3, 0.4) is 0 Å². The fourth-order valence-electron chi connectivity index (χ4n) is 1.09. The smallest absolute Gasteiger partial charge is 0.349 e. The lowest BCUT2D eigenvalue weighted by atomic mass is 10.2. The van der Waals surface area contributed by atoms with Crippen molar-refractivity contribution in [2.75, 3.05) is 20.3 Å². The van der Waals surface area contributed by atoms with Crippen LogP contribution < -0.4 is 0 Å². The molecule has 0 fully saturated rings. The van der Waals surface area contributed by atoms with Crippen molar-refractivity contribution in [1.29, 1.82) is 5.26 Å². The average molecular weight is 282 g/mol. The van der Waals surface area contributed by atoms with E-state index in [-0.39, 0.29) is 23.8 Å². The van der Waals surface area contributed by atoms with Crippen molar-refractivity contribution in [2.45, 2.75) is 0 Å². The summed E-state index contributed by atoms with van der Waals surface area (Å²) in [6.45, 7) is 0.272. The van der Waals surface area contributed by atoms with E-state index in [0.29, 0.717) is 4.88 Å². The topological polar surface area (TPSA) is 102 Å². The summed E-state index contributed by atoms with van der Waals surface area (Å²) in [7, 11) is 1.46. The minimum absolute atomic E-state index is 0.0406. The van der Waals surface area contributed by atoms with Gasteiger partial charge >= 0.3 is 11.0 Å². The molecule has 0 aromatic carbocycles. The number of carbonyl (C=O) groups excluding carboxylic acids is 1. The van der Waals surface area contributed by atoms with E-state index < -0.39 is 10.9 Å². The summed E-state index contributed by atoms with van der Waals surface area (Å²) >= 11 is 0.871. The molecular weight excluding hydrogens is 272 g/mol. The van der Waals surface area contributed by atoms with Crippen LogP contribution in [-0.4, -0.2) is 31.2 Å². The van der Waals surface area contributed by atoms with Gasteiger partial charge in [-0.05, 0) is 12.1 Å². The van der Waals surface area contributed by atoms with Gasteiger partial charge in [-0.3, -0.25) is 10.1 Å². The maximum atomic E-state index is 11.5. The number of hydrogen-bond donors (Lipinski definition) is 0. The molecule has 0 amide bonds. The summed E-state index contributed by atoms with van der Waals surface area (Å²) in [6, 6.07) is 4.47. The van der Waals surface area contributed by atoms with Gasteiger partial charge in [0.25, 0.3) is 0 Å². The Labute approximate surface area is 112 Å². The highest BCUT2D eigenvalue weighted by molar-refractivity contribution is 7.16. The minimum atomic E-state index is -0.782. The molecule has 0 saturated carbocycles. The van der Waals surface area contributed by atoms with Gasteiger partial charge in [0.2, 0.25) is 0 Å². The van der Waals surface area contributed by atoms with Gasteiger partial charge in [0.1, 0.15) is 18.2 Å². The highest BCUT2D eigenvalue weighted by Crippen LogP contribution is 2.25. The molecule has 0 radical (unpaired) electrons. The Morgan fingerprint density at radius 1 is 1.58 bits per heavy atom. The molecule has 0 aliphatic rings. The Balaban J connectivity index is 2.78. The van der Waals surface area contributed by atoms with Gasteiger partial charge in [0.15, 0.2) is 0 Å². The summed E-state index contributed by atoms with van der Waals surface area (Å²) in [6.07, 6.45) is 1.26. The molecule has 0 aliphatic heterocycles. The van der Waals surface area contributed by atoms with Crippen molar-refractivity contribution in [3.05, 3.63) is 32.7 Å². The third-order valence-electron chi connectivity index (χ3n) is 1.94. The summed E-state index contributed by atoms with van der Waals surface area (Å²) in [5, 5.41) is 19.3. The molecule has 100 valence electrons. The van der Waals surface area contributed by atoms with Crippen molar-refractivity contribution < 1.29 is 19.2 Å². The molecule has 0 atom stereocenters. The van der Waals surface area contributed by atoms with Gasteiger partial charge in [-0.15, -0.1) is 0 Å². The number of esters is 1. The quantitative estimate of drug-likeness (QED) is 0.197. The summed E-state index contributed by atoms with van der Waals surface area (Å²) in [5.74, 6) is -0.782. The van der Waals surface area contributed by atoms with Gasteiger partial charge in [-0.25, -0.2) is 4.79 Å². The van der Waals surface area contributed by atoms with E-state index in [1.807, 2.05) is 0 Å². The molecule has 1 aromatic heterocycles. The van der Waals surface area contributed by atoms with Crippen LogP contribution in [0.1, 0.15) is 4.88 Å². The van der Waals surface area contributed by atoms with Crippen LogP contribution >= 0.6 is 11.3 Å². The lowest BCUT2D eigenvalue weighted by Crippen LogP contribution is -2.10. The zero-order valence-electron chi connectivity index (χ0n) is 9.99. The second-order valence-electron chi connectivity index (χ2n) is 3.23. The first-order valence-corrected chi connectivity index (χ1v) is 5.92. The normalized spacial score (nSPS) is 10.8. The van der Waals surface area contributed by atoms with Crippen LogP contribution in [0.2, 0.25) is 0 Å². The third kappa shape index (κ3) is 4.50. The molecule has 0 aliphatic carbocycles. The number of nitrogens with zero attached hydrogens (tertiary/aromatic N) is 2. The highest BCUT2D eigenvalue weighted by Gasteiger charge is 2.13. The zero-order chi connectivity index (χ0) is 14.3. The van der Waals surface area contributed by atoms with Gasteiger partial charge < -0.3 is 9.47 Å². The minimum Gasteiger partial charge on any atom is -0.459 e. The maximum absolute atomic E-state index is 11.5. The van der Waals surface area contributed by atoms with Crippen molar-refractivity contribution in [3.8, 4) is 6.07 Å². The van der Waals surface area contributed by atoms with Gasteiger partial charge in [-0.2, -0.15) is 5.26 Å². The molecule has 0 saturated heterocycles. The number of methoxy groups -OCH3 is 1. The number of nitro groups is 1. The molecule has 8 heteroatoms. The third-order valence-corrected chi connectivity index (χ3v) is 2.92. The number of ether oxygens (including phenoxy) is 2. The second kappa shape index (κ2) is 7.25. The predicted molar refractivity (Wildman–Crippen MR) is 67.4 cm³/mol. The standard InChI is InChI=1S/C11H10N2O5S/c1-17-4-5-18-11(14)8(7-12)6-9-2-3-10(19-9)13(15)16/h2-3,6H,4-5H2,1H3. The monoisotopic (exact) mass is 282 g/mol. The van der Waals surface area contributed by atoms with Crippen LogP contribution in [-0.2, 0) is 14.3 Å². The fraction of sp³-hybridized carbons (Fsp3) is 0.273. The van der Waals surface area contributed by atoms with Gasteiger partial charge in [0, 0.05) is 18.1 Å². The van der Waals surface area contributed by atoms with Crippen molar-refractivity contribution >= 4 is 28.4 Å². The average Bonchev–Trinajstić information content (AvgIpc) is 2.84. The van der Waals surface area contributed by atoms with E-state index in [1.165, 1.54) is 25.3 Å².